The van der Waals surface area contributed by atoms with Gasteiger partial charge in [-0.2, -0.15) is 5.26 Å². The van der Waals surface area contributed by atoms with Crippen LogP contribution in [0.15, 0.2) is 12.1 Å². The predicted octanol–water partition coefficient (Wildman–Crippen LogP) is 1.68. The number of halogens is 1. The lowest BCUT2D eigenvalue weighted by Crippen LogP contribution is -2.10. The normalized spacial score (nSPS) is 9.31. The van der Waals surface area contributed by atoms with Gasteiger partial charge in [0.1, 0.15) is 0 Å². The summed E-state index contributed by atoms with van der Waals surface area (Å²) in [5, 5.41) is 17.3. The van der Waals surface area contributed by atoms with E-state index in [1.165, 1.54) is 19.2 Å². The zero-order valence-electron chi connectivity index (χ0n) is 8.36. The molecule has 1 N–H and O–H groups in total. The maximum atomic E-state index is 10.3. The first kappa shape index (κ1) is 12.1. The number of nitriles is 1. The van der Waals surface area contributed by atoms with Gasteiger partial charge in [0, 0.05) is 6.07 Å². The fraction of sp³-hybridized carbons (Fsp3) is 0.200. The minimum absolute atomic E-state index is 0.116. The molecule has 84 valence electrons. The molecule has 0 unspecified atom stereocenters. The predicted molar refractivity (Wildman–Crippen MR) is 55.8 cm³/mol. The second-order valence-electron chi connectivity index (χ2n) is 2.78. The molecule has 0 aromatic heterocycles. The number of methoxy groups -OCH3 is 1. The Hall–Kier alpha value is -1.93. The Morgan fingerprint density at radius 3 is 2.81 bits per heavy atom. The second-order valence-corrected chi connectivity index (χ2v) is 3.19. The number of hydrogen-bond acceptors (Lipinski definition) is 4. The molecular weight excluding hydrogens is 234 g/mol. The van der Waals surface area contributed by atoms with Crippen LogP contribution in [-0.4, -0.2) is 24.8 Å². The lowest BCUT2D eigenvalue weighted by molar-refractivity contribution is -0.139. The summed E-state index contributed by atoms with van der Waals surface area (Å²) in [5.41, 5.74) is 0.310. The number of ether oxygens (including phenoxy) is 2. The van der Waals surface area contributed by atoms with E-state index in [2.05, 4.69) is 0 Å². The van der Waals surface area contributed by atoms with Crippen molar-refractivity contribution in [1.29, 1.82) is 5.26 Å². The molecular formula is C10H8ClNO4. The Kier molecular flexibility index (Phi) is 3.97. The SMILES string of the molecule is COc1cc(C#N)cc(Cl)c1OCC(=O)O. The molecule has 0 amide bonds. The van der Waals surface area contributed by atoms with Gasteiger partial charge in [-0.15, -0.1) is 0 Å². The highest BCUT2D eigenvalue weighted by atomic mass is 35.5. The van der Waals surface area contributed by atoms with Crippen LogP contribution in [0.1, 0.15) is 5.56 Å². The fourth-order valence-corrected chi connectivity index (χ4v) is 1.32. The van der Waals surface area contributed by atoms with Crippen molar-refractivity contribution < 1.29 is 19.4 Å². The first-order valence-electron chi connectivity index (χ1n) is 4.20. The number of carboxylic acids is 1. The van der Waals surface area contributed by atoms with E-state index in [1.54, 1.807) is 0 Å². The molecule has 0 aliphatic carbocycles. The van der Waals surface area contributed by atoms with Crippen LogP contribution >= 0.6 is 11.6 Å². The van der Waals surface area contributed by atoms with Gasteiger partial charge in [-0.05, 0) is 6.07 Å². The number of rotatable bonds is 4. The summed E-state index contributed by atoms with van der Waals surface area (Å²) in [6, 6.07) is 4.69. The molecule has 0 saturated carbocycles. The molecule has 0 radical (unpaired) electrons. The van der Waals surface area contributed by atoms with Crippen molar-refractivity contribution in [2.45, 2.75) is 0 Å². The molecule has 0 atom stereocenters. The van der Waals surface area contributed by atoms with E-state index >= 15 is 0 Å². The van der Waals surface area contributed by atoms with Crippen molar-refractivity contribution in [3.63, 3.8) is 0 Å². The summed E-state index contributed by atoms with van der Waals surface area (Å²) < 4.78 is 9.90. The van der Waals surface area contributed by atoms with E-state index in [-0.39, 0.29) is 16.5 Å². The van der Waals surface area contributed by atoms with Gasteiger partial charge in [0.25, 0.3) is 0 Å². The Morgan fingerprint density at radius 2 is 2.31 bits per heavy atom. The first-order chi connectivity index (χ1) is 7.58. The molecule has 1 aromatic rings. The van der Waals surface area contributed by atoms with E-state index in [0.717, 1.165) is 0 Å². The van der Waals surface area contributed by atoms with Crippen molar-refractivity contribution in [2.75, 3.05) is 13.7 Å². The molecule has 16 heavy (non-hydrogen) atoms. The van der Waals surface area contributed by atoms with Crippen molar-refractivity contribution in [1.82, 2.24) is 0 Å². The zero-order chi connectivity index (χ0) is 12.1. The van der Waals surface area contributed by atoms with Crippen molar-refractivity contribution >= 4 is 17.6 Å². The van der Waals surface area contributed by atoms with Gasteiger partial charge in [0.05, 0.1) is 23.8 Å². The number of nitrogens with zero attached hydrogens (tertiary/aromatic N) is 1. The minimum Gasteiger partial charge on any atom is -0.493 e. The average molecular weight is 242 g/mol. The molecule has 1 rings (SSSR count). The monoisotopic (exact) mass is 241 g/mol. The third kappa shape index (κ3) is 2.78. The summed E-state index contributed by atoms with van der Waals surface area (Å²) in [6.45, 7) is -0.526. The van der Waals surface area contributed by atoms with Crippen LogP contribution < -0.4 is 9.47 Å². The summed E-state index contributed by atoms with van der Waals surface area (Å²) >= 11 is 5.83. The topological polar surface area (TPSA) is 79.5 Å². The minimum atomic E-state index is -1.12. The number of carbonyl (C=O) groups is 1. The Balaban J connectivity index is 3.07. The van der Waals surface area contributed by atoms with Gasteiger partial charge in [0.2, 0.25) is 0 Å². The molecule has 0 bridgehead atoms. The lowest BCUT2D eigenvalue weighted by Gasteiger charge is -2.10. The van der Waals surface area contributed by atoms with Crippen LogP contribution in [0.4, 0.5) is 0 Å². The van der Waals surface area contributed by atoms with Gasteiger partial charge in [0.15, 0.2) is 18.1 Å². The summed E-state index contributed by atoms with van der Waals surface area (Å²) in [6.07, 6.45) is 0. The zero-order valence-corrected chi connectivity index (χ0v) is 9.11. The fourth-order valence-electron chi connectivity index (χ4n) is 1.06. The van der Waals surface area contributed by atoms with Crippen LogP contribution in [-0.2, 0) is 4.79 Å². The third-order valence-electron chi connectivity index (χ3n) is 1.70. The Bertz CT molecular complexity index is 453. The Labute approximate surface area is 96.8 Å². The average Bonchev–Trinajstić information content (AvgIpc) is 2.26. The second kappa shape index (κ2) is 5.24. The molecule has 6 heteroatoms. The van der Waals surface area contributed by atoms with Crippen molar-refractivity contribution in [3.8, 4) is 17.6 Å². The van der Waals surface area contributed by atoms with E-state index in [0.29, 0.717) is 5.56 Å². The van der Waals surface area contributed by atoms with Gasteiger partial charge >= 0.3 is 5.97 Å². The Morgan fingerprint density at radius 1 is 1.62 bits per heavy atom. The molecule has 5 nitrogen and oxygen atoms in total. The van der Waals surface area contributed by atoms with Crippen LogP contribution in [0, 0.1) is 11.3 Å². The number of benzene rings is 1. The van der Waals surface area contributed by atoms with Crippen LogP contribution in [0.2, 0.25) is 5.02 Å². The first-order valence-corrected chi connectivity index (χ1v) is 4.58. The van der Waals surface area contributed by atoms with Gasteiger partial charge < -0.3 is 14.6 Å². The number of carboxylic acid groups (broad SMARTS) is 1. The van der Waals surface area contributed by atoms with E-state index in [1.807, 2.05) is 6.07 Å². The smallest absolute Gasteiger partial charge is 0.341 e. The highest BCUT2D eigenvalue weighted by Crippen LogP contribution is 2.36. The van der Waals surface area contributed by atoms with Gasteiger partial charge in [-0.3, -0.25) is 0 Å². The summed E-state index contributed by atoms with van der Waals surface area (Å²) in [7, 11) is 1.38. The van der Waals surface area contributed by atoms with Crippen LogP contribution in [0.3, 0.4) is 0 Å². The van der Waals surface area contributed by atoms with E-state index < -0.39 is 12.6 Å². The van der Waals surface area contributed by atoms with Crippen LogP contribution in [0.25, 0.3) is 0 Å². The lowest BCUT2D eigenvalue weighted by atomic mass is 10.2. The molecule has 0 spiro atoms. The molecule has 1 aromatic carbocycles. The molecule has 0 heterocycles. The van der Waals surface area contributed by atoms with E-state index in [9.17, 15) is 4.79 Å². The number of aliphatic carboxylic acids is 1. The van der Waals surface area contributed by atoms with Gasteiger partial charge in [-0.25, -0.2) is 4.79 Å². The largest absolute Gasteiger partial charge is 0.493 e. The van der Waals surface area contributed by atoms with Crippen LogP contribution in [0.5, 0.6) is 11.5 Å². The van der Waals surface area contributed by atoms with E-state index in [4.69, 9.17) is 31.4 Å². The standard InChI is InChI=1S/C10H8ClNO4/c1-15-8-3-6(4-12)2-7(11)10(8)16-5-9(13)14/h2-3H,5H2,1H3,(H,13,14). The maximum Gasteiger partial charge on any atom is 0.341 e. The molecule has 0 aliphatic rings. The highest BCUT2D eigenvalue weighted by Gasteiger charge is 2.13. The van der Waals surface area contributed by atoms with Gasteiger partial charge in [-0.1, -0.05) is 11.6 Å². The highest BCUT2D eigenvalue weighted by molar-refractivity contribution is 6.32. The molecule has 0 fully saturated rings. The summed E-state index contributed by atoms with van der Waals surface area (Å²) in [5.74, 6) is -0.779. The molecule has 0 saturated heterocycles. The van der Waals surface area contributed by atoms with Crippen molar-refractivity contribution in [3.05, 3.63) is 22.7 Å². The summed E-state index contributed by atoms with van der Waals surface area (Å²) in [4.78, 5) is 10.3. The quantitative estimate of drug-likeness (QED) is 0.868. The number of hydrogen-bond donors (Lipinski definition) is 1. The third-order valence-corrected chi connectivity index (χ3v) is 1.98. The maximum absolute atomic E-state index is 10.3. The van der Waals surface area contributed by atoms with Crippen molar-refractivity contribution in [2.24, 2.45) is 0 Å². The molecule has 0 aliphatic heterocycles.